The van der Waals surface area contributed by atoms with Crippen LogP contribution in [0.4, 0.5) is 10.1 Å². The number of aryl methyl sites for hydroxylation is 1. The monoisotopic (exact) mass is 505 g/mol. The van der Waals surface area contributed by atoms with Gasteiger partial charge < -0.3 is 24.3 Å². The van der Waals surface area contributed by atoms with Gasteiger partial charge in [0.15, 0.2) is 0 Å². The summed E-state index contributed by atoms with van der Waals surface area (Å²) < 4.78 is 36.0. The fourth-order valence-electron chi connectivity index (χ4n) is 4.72. The molecule has 1 heterocycles. The molecule has 0 amide bonds. The summed E-state index contributed by atoms with van der Waals surface area (Å²) in [6, 6.07) is 13.8. The third-order valence-electron chi connectivity index (χ3n) is 6.22. The van der Waals surface area contributed by atoms with Crippen molar-refractivity contribution in [3.05, 3.63) is 77.1 Å². The van der Waals surface area contributed by atoms with Crippen LogP contribution in [0.25, 0.3) is 16.7 Å². The van der Waals surface area contributed by atoms with Crippen LogP contribution in [0, 0.1) is 12.7 Å². The summed E-state index contributed by atoms with van der Waals surface area (Å²) in [5.74, 6) is 0.530. The van der Waals surface area contributed by atoms with E-state index in [0.29, 0.717) is 17.2 Å². The van der Waals surface area contributed by atoms with Crippen LogP contribution in [0.15, 0.2) is 54.6 Å². The van der Waals surface area contributed by atoms with Gasteiger partial charge in [-0.3, -0.25) is 0 Å². The largest absolute Gasteiger partial charge is 0.496 e. The second-order valence-electron chi connectivity index (χ2n) is 9.66. The van der Waals surface area contributed by atoms with Crippen molar-refractivity contribution in [1.82, 2.24) is 0 Å². The quantitative estimate of drug-likeness (QED) is 0.277. The van der Waals surface area contributed by atoms with E-state index >= 15 is 0 Å². The van der Waals surface area contributed by atoms with Crippen molar-refractivity contribution in [2.75, 3.05) is 26.1 Å². The maximum absolute atomic E-state index is 14.0. The highest BCUT2D eigenvalue weighted by Gasteiger charge is 2.27. The molecule has 0 fully saturated rings. The van der Waals surface area contributed by atoms with Crippen molar-refractivity contribution in [1.29, 1.82) is 0 Å². The van der Waals surface area contributed by atoms with Crippen LogP contribution in [-0.2, 0) is 16.1 Å². The van der Waals surface area contributed by atoms with E-state index in [2.05, 4.69) is 32.2 Å². The molecule has 0 spiro atoms. The van der Waals surface area contributed by atoms with Crippen LogP contribution in [0.1, 0.15) is 37.5 Å². The van der Waals surface area contributed by atoms with E-state index < -0.39 is 5.97 Å². The Morgan fingerprint density at radius 3 is 2.46 bits per heavy atom. The molecule has 0 unspecified atom stereocenters. The third kappa shape index (κ3) is 5.78. The lowest BCUT2D eigenvalue weighted by Crippen LogP contribution is -2.32. The Kier molecular flexibility index (Phi) is 7.55. The van der Waals surface area contributed by atoms with Crippen LogP contribution >= 0.6 is 0 Å². The summed E-state index contributed by atoms with van der Waals surface area (Å²) in [4.78, 5) is 11.9. The minimum Gasteiger partial charge on any atom is -0.496 e. The highest BCUT2D eigenvalue weighted by molar-refractivity contribution is 5.88. The summed E-state index contributed by atoms with van der Waals surface area (Å²) in [6.07, 6.45) is 2.19. The molecule has 0 aromatic heterocycles. The molecule has 1 N–H and O–H groups in total. The molecule has 0 saturated carbocycles. The number of benzene rings is 3. The Bertz CT molecular complexity index is 1360. The molecule has 6 nitrogen and oxygen atoms in total. The number of rotatable bonds is 8. The fraction of sp³-hybridized carbons (Fsp3) is 0.300. The number of esters is 1. The van der Waals surface area contributed by atoms with Crippen molar-refractivity contribution in [2.45, 2.75) is 39.8 Å². The summed E-state index contributed by atoms with van der Waals surface area (Å²) in [5.41, 5.74) is 6.41. The van der Waals surface area contributed by atoms with Crippen molar-refractivity contribution in [3.8, 4) is 28.4 Å². The molecule has 194 valence electrons. The second kappa shape index (κ2) is 10.6. The zero-order chi connectivity index (χ0) is 26.7. The topological polar surface area (TPSA) is 66.0 Å². The molecule has 37 heavy (non-hydrogen) atoms. The molecular weight excluding hydrogens is 473 g/mol. The molecule has 0 aliphatic carbocycles. The predicted octanol–water partition coefficient (Wildman–Crippen LogP) is 6.55. The van der Waals surface area contributed by atoms with Gasteiger partial charge in [0, 0.05) is 41.6 Å². The highest BCUT2D eigenvalue weighted by Crippen LogP contribution is 2.43. The van der Waals surface area contributed by atoms with E-state index in [-0.39, 0.29) is 24.6 Å². The van der Waals surface area contributed by atoms with Crippen molar-refractivity contribution >= 4 is 17.2 Å². The number of halogens is 1. The number of anilines is 1. The molecule has 4 rings (SSSR count). The third-order valence-corrected chi connectivity index (χ3v) is 6.22. The van der Waals surface area contributed by atoms with E-state index in [0.717, 1.165) is 39.1 Å². The first-order chi connectivity index (χ1) is 17.6. The van der Waals surface area contributed by atoms with Crippen molar-refractivity contribution in [2.24, 2.45) is 0 Å². The minimum atomic E-state index is -0.500. The molecule has 0 radical (unpaired) electrons. The summed E-state index contributed by atoms with van der Waals surface area (Å²) in [7, 11) is 3.00. The number of allylic oxidation sites excluding steroid dienone is 1. The molecule has 7 heteroatoms. The molecule has 1 aliphatic rings. The molecule has 3 aromatic carbocycles. The lowest BCUT2D eigenvalue weighted by atomic mass is 9.85. The molecule has 3 aromatic rings. The molecule has 1 aliphatic heterocycles. The Labute approximate surface area is 217 Å². The number of hydrogen-bond donors (Lipinski definition) is 1. The number of ether oxygens (including phenoxy) is 4. The van der Waals surface area contributed by atoms with Crippen molar-refractivity contribution < 1.29 is 28.1 Å². The number of nitrogens with one attached hydrogen (secondary N) is 1. The first-order valence-corrected chi connectivity index (χ1v) is 12.0. The Morgan fingerprint density at radius 2 is 1.73 bits per heavy atom. The zero-order valence-corrected chi connectivity index (χ0v) is 22.0. The molecule has 0 atom stereocenters. The van der Waals surface area contributed by atoms with Gasteiger partial charge in [0.2, 0.25) is 0 Å². The Balaban J connectivity index is 1.81. The van der Waals surface area contributed by atoms with Gasteiger partial charge >= 0.3 is 5.97 Å². The number of carbonyl (C=O) groups is 1. The van der Waals surface area contributed by atoms with Crippen LogP contribution in [0.3, 0.4) is 0 Å². The molecule has 0 saturated heterocycles. The Hall–Kier alpha value is -3.84. The van der Waals surface area contributed by atoms with Gasteiger partial charge in [-0.15, -0.1) is 0 Å². The van der Waals surface area contributed by atoms with E-state index in [1.165, 1.54) is 19.2 Å². The predicted molar refractivity (Wildman–Crippen MR) is 143 cm³/mol. The first-order valence-electron chi connectivity index (χ1n) is 12.0. The standard InChI is InChI=1S/C30H32FNO5/c1-18-7-8-20(31)13-26(18)36-16-24-22(11-12-25-29(24)19(2)15-30(3,4)32-25)23-10-9-21(14-27(23)35-6)37-28(33)17-34-5/h7-15,32H,16-17H2,1-6H3. The number of fused-ring (bicyclic) bond motifs is 1. The normalized spacial score (nSPS) is 13.8. The van der Waals surface area contributed by atoms with Crippen LogP contribution in [0.2, 0.25) is 0 Å². The molecule has 0 bridgehead atoms. The lowest BCUT2D eigenvalue weighted by molar-refractivity contribution is -0.138. The van der Waals surface area contributed by atoms with E-state index in [1.807, 2.05) is 25.1 Å². The average molecular weight is 506 g/mol. The smallest absolute Gasteiger partial charge is 0.337 e. The van der Waals surface area contributed by atoms with Gasteiger partial charge in [-0.05, 0) is 68.7 Å². The summed E-state index contributed by atoms with van der Waals surface area (Å²) in [5, 5.41) is 3.58. The zero-order valence-electron chi connectivity index (χ0n) is 22.0. The van der Waals surface area contributed by atoms with Gasteiger partial charge in [-0.2, -0.15) is 0 Å². The summed E-state index contributed by atoms with van der Waals surface area (Å²) >= 11 is 0. The SMILES string of the molecule is COCC(=O)Oc1ccc(-c2ccc3c(c2COc2cc(F)ccc2C)C(C)=CC(C)(C)N3)c(OC)c1. The maximum Gasteiger partial charge on any atom is 0.337 e. The van der Waals surface area contributed by atoms with E-state index in [9.17, 15) is 9.18 Å². The minimum absolute atomic E-state index is 0.148. The summed E-state index contributed by atoms with van der Waals surface area (Å²) in [6.45, 7) is 8.27. The molecular formula is C30H32FNO5. The van der Waals surface area contributed by atoms with E-state index in [4.69, 9.17) is 18.9 Å². The van der Waals surface area contributed by atoms with Crippen LogP contribution in [0.5, 0.6) is 17.2 Å². The second-order valence-corrected chi connectivity index (χ2v) is 9.66. The number of hydrogen-bond acceptors (Lipinski definition) is 6. The van der Waals surface area contributed by atoms with E-state index in [1.54, 1.807) is 25.3 Å². The Morgan fingerprint density at radius 1 is 0.973 bits per heavy atom. The number of carbonyl (C=O) groups excluding carboxylic acids is 1. The van der Waals surface area contributed by atoms with Gasteiger partial charge in [-0.1, -0.05) is 18.2 Å². The lowest BCUT2D eigenvalue weighted by Gasteiger charge is -2.33. The number of methoxy groups -OCH3 is 2. The van der Waals surface area contributed by atoms with Crippen LogP contribution < -0.4 is 19.5 Å². The first kappa shape index (κ1) is 26.2. The van der Waals surface area contributed by atoms with Gasteiger partial charge in [0.25, 0.3) is 0 Å². The maximum atomic E-state index is 14.0. The van der Waals surface area contributed by atoms with Gasteiger partial charge in [-0.25, -0.2) is 9.18 Å². The van der Waals surface area contributed by atoms with Gasteiger partial charge in [0.05, 0.1) is 12.6 Å². The van der Waals surface area contributed by atoms with Gasteiger partial charge in [0.1, 0.15) is 36.3 Å². The van der Waals surface area contributed by atoms with Crippen LogP contribution in [-0.4, -0.2) is 32.3 Å². The fourth-order valence-corrected chi connectivity index (χ4v) is 4.72. The van der Waals surface area contributed by atoms with Crippen molar-refractivity contribution in [3.63, 3.8) is 0 Å². The highest BCUT2D eigenvalue weighted by atomic mass is 19.1. The average Bonchev–Trinajstić information content (AvgIpc) is 2.83.